The number of carboxylic acid groups (broad SMARTS) is 5. The summed E-state index contributed by atoms with van der Waals surface area (Å²) in [5.74, 6) is -7.52. The van der Waals surface area contributed by atoms with Crippen molar-refractivity contribution in [3.8, 4) is 0 Å². The van der Waals surface area contributed by atoms with Crippen LogP contribution in [0.2, 0.25) is 0 Å². The monoisotopic (exact) mass is 1050 g/mol. The van der Waals surface area contributed by atoms with E-state index in [1.165, 1.54) is 6.20 Å². The number of ketones is 1. The number of aliphatic carboxylic acids is 5. The number of anilines is 3. The second-order valence-corrected chi connectivity index (χ2v) is 17.9. The number of amides is 1. The number of nitrogens with one attached hydrogen (secondary N) is 5. The molecule has 74 heavy (non-hydrogen) atoms. The number of fused-ring (bicyclic) bond motifs is 1. The lowest BCUT2D eigenvalue weighted by molar-refractivity contribution is -0.145. The van der Waals surface area contributed by atoms with Gasteiger partial charge < -0.3 is 52.5 Å². The average Bonchev–Trinajstić information content (AvgIpc) is 3.34. The summed E-state index contributed by atoms with van der Waals surface area (Å²) >= 11 is 5.41. The number of aryl methyl sites for hydroxylation is 1. The largest absolute Gasteiger partial charge is 0.481 e. The zero-order valence-corrected chi connectivity index (χ0v) is 41.2. The number of thiocarbonyl (C=S) groups is 1. The Morgan fingerprint density at radius 3 is 1.81 bits per heavy atom. The van der Waals surface area contributed by atoms with Crippen LogP contribution in [0.25, 0.3) is 11.2 Å². The number of hydrogen-bond donors (Lipinski definition) is 11. The first-order valence-corrected chi connectivity index (χ1v) is 24.0. The van der Waals surface area contributed by atoms with Gasteiger partial charge in [-0.2, -0.15) is 4.98 Å². The number of carbonyl (C=O) groups excluding carboxylic acids is 2. The van der Waals surface area contributed by atoms with Gasteiger partial charge in [0.15, 0.2) is 22.1 Å². The van der Waals surface area contributed by atoms with E-state index in [9.17, 15) is 63.9 Å². The van der Waals surface area contributed by atoms with Crippen LogP contribution in [0.15, 0.2) is 59.5 Å². The molecule has 5 rings (SSSR count). The van der Waals surface area contributed by atoms with Gasteiger partial charge in [-0.1, -0.05) is 12.1 Å². The molecular formula is C47H61N13O13S. The van der Waals surface area contributed by atoms with Crippen LogP contribution in [-0.2, 0) is 41.7 Å². The van der Waals surface area contributed by atoms with Gasteiger partial charge in [0, 0.05) is 95.2 Å². The molecule has 2 atom stereocenters. The lowest BCUT2D eigenvalue weighted by Crippen LogP contribution is -2.51. The van der Waals surface area contributed by atoms with Crippen molar-refractivity contribution < 1.29 is 59.1 Å². The maximum Gasteiger partial charge on any atom is 0.320 e. The van der Waals surface area contributed by atoms with Crippen molar-refractivity contribution in [2.45, 2.75) is 44.7 Å². The van der Waals surface area contributed by atoms with Gasteiger partial charge in [-0.05, 0) is 73.4 Å². The molecular weight excluding hydrogens is 987 g/mol. The molecule has 12 N–H and O–H groups in total. The van der Waals surface area contributed by atoms with E-state index in [2.05, 4.69) is 41.2 Å². The van der Waals surface area contributed by atoms with Gasteiger partial charge in [0.25, 0.3) is 5.56 Å². The van der Waals surface area contributed by atoms with Gasteiger partial charge in [-0.3, -0.25) is 62.9 Å². The Labute approximate surface area is 429 Å². The lowest BCUT2D eigenvalue weighted by atomic mass is 9.94. The summed E-state index contributed by atoms with van der Waals surface area (Å²) in [7, 11) is 0. The Balaban J connectivity index is 1.03. The Bertz CT molecular complexity index is 2640. The molecule has 0 radical (unpaired) electrons. The molecule has 3 heterocycles. The zero-order valence-electron chi connectivity index (χ0n) is 40.4. The van der Waals surface area contributed by atoms with E-state index in [0.717, 1.165) is 5.56 Å². The highest BCUT2D eigenvalue weighted by molar-refractivity contribution is 7.80. The fraction of sp³-hybridized carbons (Fsp3) is 0.447. The first-order chi connectivity index (χ1) is 35.3. The van der Waals surface area contributed by atoms with Gasteiger partial charge in [0.1, 0.15) is 6.04 Å². The molecule has 398 valence electrons. The average molecular weight is 1050 g/mol. The molecule has 4 aromatic rings. The molecule has 1 unspecified atom stereocenters. The Morgan fingerprint density at radius 1 is 0.703 bits per heavy atom. The van der Waals surface area contributed by atoms with Gasteiger partial charge in [0.2, 0.25) is 11.9 Å². The number of nitrogens with two attached hydrogens (primary N) is 1. The van der Waals surface area contributed by atoms with Crippen LogP contribution >= 0.6 is 12.2 Å². The predicted octanol–water partition coefficient (Wildman–Crippen LogP) is -0.0748. The summed E-state index contributed by atoms with van der Waals surface area (Å²) in [6.45, 7) is 1.19. The number of nitrogens with zero attached hydrogens (tertiary/aromatic N) is 7. The van der Waals surface area contributed by atoms with Crippen molar-refractivity contribution in [3.63, 3.8) is 0 Å². The molecule has 1 fully saturated rings. The number of aromatic nitrogens is 4. The van der Waals surface area contributed by atoms with Gasteiger partial charge in [-0.15, -0.1) is 0 Å². The quantitative estimate of drug-likeness (QED) is 0.0235. The smallest absolute Gasteiger partial charge is 0.320 e. The fourth-order valence-electron chi connectivity index (χ4n) is 8.06. The van der Waals surface area contributed by atoms with Gasteiger partial charge >= 0.3 is 29.8 Å². The Hall–Kier alpha value is -7.72. The number of hydrogen-bond acceptors (Lipinski definition) is 18. The van der Waals surface area contributed by atoms with E-state index in [1.807, 2.05) is 12.1 Å². The molecule has 27 heteroatoms. The zero-order chi connectivity index (χ0) is 53.7. The molecule has 0 saturated carbocycles. The van der Waals surface area contributed by atoms with Crippen LogP contribution in [0, 0.1) is 5.92 Å². The first kappa shape index (κ1) is 57.2. The van der Waals surface area contributed by atoms with Crippen molar-refractivity contribution in [3.05, 3.63) is 81.9 Å². The van der Waals surface area contributed by atoms with E-state index in [4.69, 9.17) is 18.0 Å². The third-order valence-corrected chi connectivity index (χ3v) is 12.2. The second kappa shape index (κ2) is 28.5. The summed E-state index contributed by atoms with van der Waals surface area (Å²) in [6.07, 6.45) is 1.49. The van der Waals surface area contributed by atoms with Crippen molar-refractivity contribution in [2.75, 3.05) is 101 Å². The summed E-state index contributed by atoms with van der Waals surface area (Å²) < 4.78 is 0. The molecule has 2 aromatic carbocycles. The number of rotatable bonds is 25. The highest BCUT2D eigenvalue weighted by Crippen LogP contribution is 2.19. The molecule has 1 aliphatic rings. The van der Waals surface area contributed by atoms with Crippen LogP contribution in [0.1, 0.15) is 47.3 Å². The van der Waals surface area contributed by atoms with Crippen LogP contribution in [0.4, 0.5) is 17.3 Å². The number of aromatic amines is 1. The molecule has 1 amide bonds. The first-order valence-electron chi connectivity index (χ1n) is 23.6. The molecule has 26 nitrogen and oxygen atoms in total. The van der Waals surface area contributed by atoms with E-state index >= 15 is 0 Å². The van der Waals surface area contributed by atoms with Crippen LogP contribution in [-0.4, -0.2) is 203 Å². The molecule has 2 aromatic heterocycles. The molecule has 0 aliphatic carbocycles. The number of nitrogen functional groups attached to an aromatic ring is 1. The third kappa shape index (κ3) is 19.4. The van der Waals surface area contributed by atoms with E-state index < -0.39 is 59.1 Å². The summed E-state index contributed by atoms with van der Waals surface area (Å²) in [6, 6.07) is 12.6. The number of carbonyl (C=O) groups is 7. The fourth-order valence-corrected chi connectivity index (χ4v) is 8.28. The molecule has 1 aliphatic heterocycles. The maximum atomic E-state index is 13.0. The van der Waals surface area contributed by atoms with Crippen LogP contribution < -0.4 is 32.6 Å². The Kier molecular flexibility index (Phi) is 22.0. The highest BCUT2D eigenvalue weighted by Gasteiger charge is 2.28. The van der Waals surface area contributed by atoms with E-state index in [0.29, 0.717) is 29.1 Å². The van der Waals surface area contributed by atoms with Crippen LogP contribution in [0.5, 0.6) is 0 Å². The standard InChI is InChI=1S/C47H61N13O13S/c48-46-55-42-41(43(69)56-46)53-34(25-52-42)24-51-32-9-4-30(5-10-32)36(61)23-31(44(70)71)6-12-37(62)49-13-14-50-47(74)54-33-7-1-29(2-8-33)3-11-35(45(72)73)60-21-19-58(27-39(65)66)17-15-57(26-38(63)64)16-18-59(20-22-60)28-40(67)68/h1-2,4-5,7-10,25,31,35,51H,3,6,11-24,26-28H2,(H,49,62)(H,63,64)(H,65,66)(H,67,68)(H,70,71)(H,72,73)(H2,50,54,74)(H3,48,52,55,56,69)/t31-,35?/m1/s1. The maximum absolute atomic E-state index is 13.0. The number of carboxylic acids is 5. The molecule has 1 saturated heterocycles. The number of Topliss-reactive ketones (excluding diaryl/α,β-unsaturated/α-hetero) is 1. The lowest BCUT2D eigenvalue weighted by Gasteiger charge is -2.35. The Morgan fingerprint density at radius 2 is 1.26 bits per heavy atom. The van der Waals surface area contributed by atoms with Crippen molar-refractivity contribution in [1.29, 1.82) is 0 Å². The minimum Gasteiger partial charge on any atom is -0.481 e. The number of H-pyrrole nitrogens is 1. The summed E-state index contributed by atoms with van der Waals surface area (Å²) in [5.41, 5.74) is 8.01. The van der Waals surface area contributed by atoms with Crippen molar-refractivity contribution in [1.82, 2.24) is 50.2 Å². The molecule has 0 bridgehead atoms. The molecule has 0 spiro atoms. The van der Waals surface area contributed by atoms with E-state index in [1.54, 1.807) is 56.0 Å². The minimum absolute atomic E-state index is 0.0368. The number of benzene rings is 2. The summed E-state index contributed by atoms with van der Waals surface area (Å²) in [5, 5.41) is 60.8. The normalized spacial score (nSPS) is 15.1. The summed E-state index contributed by atoms with van der Waals surface area (Å²) in [4.78, 5) is 119. The van der Waals surface area contributed by atoms with Crippen LogP contribution in [0.3, 0.4) is 0 Å². The second-order valence-electron chi connectivity index (χ2n) is 17.5. The van der Waals surface area contributed by atoms with Crippen molar-refractivity contribution in [2.24, 2.45) is 5.92 Å². The van der Waals surface area contributed by atoms with Gasteiger partial charge in [-0.25, -0.2) is 9.97 Å². The predicted molar refractivity (Wildman–Crippen MR) is 273 cm³/mol. The van der Waals surface area contributed by atoms with E-state index in [-0.39, 0.29) is 140 Å². The SMILES string of the molecule is Nc1nc2ncc(CNc3ccc(C(=O)C[C@@H](CCC(=O)NCCNC(=S)Nc4ccc(CCC(C(=O)O)N5CCN(CC(=O)O)CCN(CC(=O)O)CCN(CC(=O)O)CC5)cc4)C(=O)O)cc3)nc2c(=O)[nH]1. The minimum atomic E-state index is -1.20. The third-order valence-electron chi connectivity index (χ3n) is 12.0. The topological polar surface area (TPSA) is 379 Å². The highest BCUT2D eigenvalue weighted by atomic mass is 32.1. The van der Waals surface area contributed by atoms with Gasteiger partial charge in [0.05, 0.1) is 44.0 Å². The van der Waals surface area contributed by atoms with Crippen molar-refractivity contribution >= 4 is 87.4 Å².